The summed E-state index contributed by atoms with van der Waals surface area (Å²) in [7, 11) is 0. The summed E-state index contributed by atoms with van der Waals surface area (Å²) in [5.41, 5.74) is 0.775. The lowest BCUT2D eigenvalue weighted by Gasteiger charge is -2.05. The van der Waals surface area contributed by atoms with E-state index in [-0.39, 0.29) is 19.0 Å². The molecule has 0 saturated carbocycles. The third-order valence-corrected chi connectivity index (χ3v) is 2.35. The van der Waals surface area contributed by atoms with E-state index in [1.165, 1.54) is 0 Å². The molecular weight excluding hydrogens is 259 g/mol. The van der Waals surface area contributed by atoms with Crippen LogP contribution in [0.15, 0.2) is 34.7 Å². The van der Waals surface area contributed by atoms with Gasteiger partial charge in [0.1, 0.15) is 0 Å². The van der Waals surface area contributed by atoms with Gasteiger partial charge in [0.2, 0.25) is 11.8 Å². The van der Waals surface area contributed by atoms with Gasteiger partial charge in [0, 0.05) is 12.1 Å². The van der Waals surface area contributed by atoms with Crippen molar-refractivity contribution in [3.05, 3.63) is 36.2 Å². The standard InChI is InChI=1S/C12H12F3N3O/c13-12(14,15)6-7-16-8-10-17-18-11(19-10)9-4-2-1-3-5-9/h1-5,16H,6-8H2. The Hall–Kier alpha value is -1.89. The number of benzene rings is 1. The Morgan fingerprint density at radius 1 is 1.11 bits per heavy atom. The van der Waals surface area contributed by atoms with Crippen molar-refractivity contribution in [2.45, 2.75) is 19.1 Å². The second-order valence-electron chi connectivity index (χ2n) is 3.91. The van der Waals surface area contributed by atoms with Crippen LogP contribution in [-0.4, -0.2) is 22.9 Å². The smallest absolute Gasteiger partial charge is 0.390 e. The SMILES string of the molecule is FC(F)(F)CCNCc1nnc(-c2ccccc2)o1. The van der Waals surface area contributed by atoms with Crippen LogP contribution in [0.2, 0.25) is 0 Å². The maximum Gasteiger partial charge on any atom is 0.390 e. The monoisotopic (exact) mass is 271 g/mol. The Kier molecular flexibility index (Phi) is 4.16. The van der Waals surface area contributed by atoms with Crippen LogP contribution in [0.4, 0.5) is 13.2 Å². The van der Waals surface area contributed by atoms with Crippen LogP contribution >= 0.6 is 0 Å². The summed E-state index contributed by atoms with van der Waals surface area (Å²) < 4.78 is 41.1. The number of alkyl halides is 3. The first-order valence-electron chi connectivity index (χ1n) is 5.70. The molecule has 0 aliphatic carbocycles. The Labute approximate surface area is 107 Å². The van der Waals surface area contributed by atoms with Crippen LogP contribution in [0.5, 0.6) is 0 Å². The van der Waals surface area contributed by atoms with Gasteiger partial charge < -0.3 is 9.73 Å². The lowest BCUT2D eigenvalue weighted by Crippen LogP contribution is -2.21. The molecule has 0 atom stereocenters. The third-order valence-electron chi connectivity index (χ3n) is 2.35. The van der Waals surface area contributed by atoms with E-state index in [4.69, 9.17) is 4.42 Å². The van der Waals surface area contributed by atoms with E-state index in [2.05, 4.69) is 15.5 Å². The molecule has 1 heterocycles. The Morgan fingerprint density at radius 3 is 2.53 bits per heavy atom. The van der Waals surface area contributed by atoms with Crippen LogP contribution in [-0.2, 0) is 6.54 Å². The van der Waals surface area contributed by atoms with Gasteiger partial charge >= 0.3 is 6.18 Å². The van der Waals surface area contributed by atoms with Crippen molar-refractivity contribution in [1.82, 2.24) is 15.5 Å². The van der Waals surface area contributed by atoms with Crippen molar-refractivity contribution < 1.29 is 17.6 Å². The maximum atomic E-state index is 11.9. The van der Waals surface area contributed by atoms with E-state index in [0.29, 0.717) is 5.89 Å². The molecule has 1 N–H and O–H groups in total. The van der Waals surface area contributed by atoms with E-state index >= 15 is 0 Å². The number of rotatable bonds is 5. The molecule has 19 heavy (non-hydrogen) atoms. The highest BCUT2D eigenvalue weighted by Gasteiger charge is 2.26. The molecule has 0 saturated heterocycles. The predicted octanol–water partition coefficient (Wildman–Crippen LogP) is 2.78. The second-order valence-corrected chi connectivity index (χ2v) is 3.91. The Morgan fingerprint density at radius 2 is 1.84 bits per heavy atom. The van der Waals surface area contributed by atoms with Gasteiger partial charge in [0.15, 0.2) is 0 Å². The zero-order valence-corrected chi connectivity index (χ0v) is 9.94. The molecule has 2 aromatic rings. The van der Waals surface area contributed by atoms with Crippen molar-refractivity contribution in [2.24, 2.45) is 0 Å². The summed E-state index contributed by atoms with van der Waals surface area (Å²) in [6.07, 6.45) is -5.04. The molecule has 4 nitrogen and oxygen atoms in total. The summed E-state index contributed by atoms with van der Waals surface area (Å²) in [6.45, 7) is -0.0531. The van der Waals surface area contributed by atoms with Crippen LogP contribution in [0.3, 0.4) is 0 Å². The number of halogens is 3. The van der Waals surface area contributed by atoms with E-state index in [0.717, 1.165) is 5.56 Å². The van der Waals surface area contributed by atoms with Crippen molar-refractivity contribution >= 4 is 0 Å². The van der Waals surface area contributed by atoms with Gasteiger partial charge in [-0.25, -0.2) is 0 Å². The van der Waals surface area contributed by atoms with E-state index in [9.17, 15) is 13.2 Å². The molecule has 0 aliphatic rings. The lowest BCUT2D eigenvalue weighted by molar-refractivity contribution is -0.133. The highest BCUT2D eigenvalue weighted by molar-refractivity contribution is 5.51. The number of hydrogen-bond acceptors (Lipinski definition) is 4. The summed E-state index contributed by atoms with van der Waals surface area (Å²) in [6, 6.07) is 9.16. The molecule has 0 fully saturated rings. The number of aromatic nitrogens is 2. The summed E-state index contributed by atoms with van der Waals surface area (Å²) in [4.78, 5) is 0. The first kappa shape index (κ1) is 13.5. The van der Waals surface area contributed by atoms with Gasteiger partial charge in [0.05, 0.1) is 13.0 Å². The normalized spacial score (nSPS) is 11.7. The van der Waals surface area contributed by atoms with Crippen LogP contribution < -0.4 is 5.32 Å². The molecule has 1 aromatic heterocycles. The minimum Gasteiger partial charge on any atom is -0.419 e. The minimum absolute atomic E-state index is 0.121. The Balaban J connectivity index is 1.85. The predicted molar refractivity (Wildman–Crippen MR) is 62.1 cm³/mol. The fourth-order valence-corrected chi connectivity index (χ4v) is 1.45. The quantitative estimate of drug-likeness (QED) is 0.849. The molecule has 1 aromatic carbocycles. The first-order chi connectivity index (χ1) is 9.04. The molecule has 2 rings (SSSR count). The van der Waals surface area contributed by atoms with Crippen molar-refractivity contribution in [3.63, 3.8) is 0 Å². The van der Waals surface area contributed by atoms with Gasteiger partial charge in [0.25, 0.3) is 0 Å². The highest BCUT2D eigenvalue weighted by atomic mass is 19.4. The highest BCUT2D eigenvalue weighted by Crippen LogP contribution is 2.19. The number of nitrogens with one attached hydrogen (secondary N) is 1. The molecule has 0 aliphatic heterocycles. The largest absolute Gasteiger partial charge is 0.419 e. The van der Waals surface area contributed by atoms with Gasteiger partial charge in [-0.2, -0.15) is 13.2 Å². The molecule has 0 bridgehead atoms. The van der Waals surface area contributed by atoms with Crippen molar-refractivity contribution in [2.75, 3.05) is 6.54 Å². The van der Waals surface area contributed by atoms with Crippen LogP contribution in [0.1, 0.15) is 12.3 Å². The fraction of sp³-hybridized carbons (Fsp3) is 0.333. The van der Waals surface area contributed by atoms with Crippen molar-refractivity contribution in [3.8, 4) is 11.5 Å². The molecular formula is C12H12F3N3O. The number of hydrogen-bond donors (Lipinski definition) is 1. The van der Waals surface area contributed by atoms with Gasteiger partial charge in [-0.3, -0.25) is 0 Å². The summed E-state index contributed by atoms with van der Waals surface area (Å²) in [5.74, 6) is 0.620. The molecule has 102 valence electrons. The molecule has 7 heteroatoms. The van der Waals surface area contributed by atoms with E-state index < -0.39 is 12.6 Å². The van der Waals surface area contributed by atoms with Crippen LogP contribution in [0.25, 0.3) is 11.5 Å². The maximum absolute atomic E-state index is 11.9. The van der Waals surface area contributed by atoms with E-state index in [1.54, 1.807) is 0 Å². The first-order valence-corrected chi connectivity index (χ1v) is 5.70. The van der Waals surface area contributed by atoms with Gasteiger partial charge in [-0.05, 0) is 12.1 Å². The van der Waals surface area contributed by atoms with Crippen LogP contribution in [0, 0.1) is 0 Å². The topological polar surface area (TPSA) is 51.0 Å². The molecule has 0 amide bonds. The molecule has 0 unspecified atom stereocenters. The summed E-state index contributed by atoms with van der Waals surface area (Å²) in [5, 5.41) is 10.2. The second kappa shape index (κ2) is 5.83. The van der Waals surface area contributed by atoms with Gasteiger partial charge in [-0.15, -0.1) is 10.2 Å². The van der Waals surface area contributed by atoms with Gasteiger partial charge in [-0.1, -0.05) is 18.2 Å². The van der Waals surface area contributed by atoms with Crippen molar-refractivity contribution in [1.29, 1.82) is 0 Å². The Bertz CT molecular complexity index is 510. The fourth-order valence-electron chi connectivity index (χ4n) is 1.45. The third kappa shape index (κ3) is 4.36. The minimum atomic E-state index is -4.16. The summed E-state index contributed by atoms with van der Waals surface area (Å²) >= 11 is 0. The average molecular weight is 271 g/mol. The zero-order valence-electron chi connectivity index (χ0n) is 9.94. The van der Waals surface area contributed by atoms with E-state index in [1.807, 2.05) is 30.3 Å². The zero-order chi connectivity index (χ0) is 13.7. The molecule has 0 radical (unpaired) electrons. The number of nitrogens with zero attached hydrogens (tertiary/aromatic N) is 2. The lowest BCUT2D eigenvalue weighted by atomic mass is 10.2. The average Bonchev–Trinajstić information content (AvgIpc) is 2.83. The molecule has 0 spiro atoms.